The third kappa shape index (κ3) is 11.7. The van der Waals surface area contributed by atoms with E-state index in [9.17, 15) is 14.4 Å². The van der Waals surface area contributed by atoms with Crippen LogP contribution < -0.4 is 16.0 Å². The first-order valence-corrected chi connectivity index (χ1v) is 23.3. The number of ketones is 1. The molecule has 0 saturated heterocycles. The van der Waals surface area contributed by atoms with Crippen LogP contribution in [0.5, 0.6) is 0 Å². The highest BCUT2D eigenvalue weighted by atomic mass is 16.5. The molecule has 0 saturated carbocycles. The van der Waals surface area contributed by atoms with Crippen molar-refractivity contribution < 1.29 is 23.9 Å². The summed E-state index contributed by atoms with van der Waals surface area (Å²) in [7, 11) is 1.31. The molecule has 2 aliphatic rings. The minimum absolute atomic E-state index is 0.182. The highest BCUT2D eigenvalue weighted by Crippen LogP contribution is 2.43. The molecule has 1 aliphatic carbocycles. The van der Waals surface area contributed by atoms with Gasteiger partial charge in [0, 0.05) is 62.8 Å². The van der Waals surface area contributed by atoms with Gasteiger partial charge in [0.15, 0.2) is 5.78 Å². The van der Waals surface area contributed by atoms with E-state index < -0.39 is 11.9 Å². The first-order valence-electron chi connectivity index (χ1n) is 23.3. The number of H-pyrrole nitrogens is 3. The monoisotopic (exact) mass is 847 g/mol. The van der Waals surface area contributed by atoms with Gasteiger partial charge in [0.25, 0.3) is 0 Å². The maximum Gasteiger partial charge on any atom is 0.321 e. The summed E-state index contributed by atoms with van der Waals surface area (Å²) >= 11 is 0. The largest absolute Gasteiger partial charge is 0.468 e. The minimum atomic E-state index is -1.15. The fourth-order valence-corrected chi connectivity index (χ4v) is 9.32. The summed E-state index contributed by atoms with van der Waals surface area (Å²) in [5, 5.41) is 5.39. The lowest BCUT2D eigenvalue weighted by Gasteiger charge is -2.17. The van der Waals surface area contributed by atoms with E-state index in [1.165, 1.54) is 63.2 Å². The predicted molar refractivity (Wildman–Crippen MR) is 255 cm³/mol. The van der Waals surface area contributed by atoms with E-state index in [1.54, 1.807) is 0 Å². The van der Waals surface area contributed by atoms with E-state index in [2.05, 4.69) is 94.4 Å². The molecule has 9 heteroatoms. The molecular formula is C53H74N4O5. The Morgan fingerprint density at radius 2 is 1.50 bits per heavy atom. The van der Waals surface area contributed by atoms with Gasteiger partial charge in [-0.25, -0.2) is 0 Å². The van der Waals surface area contributed by atoms with Crippen molar-refractivity contribution in [1.82, 2.24) is 20.3 Å². The number of methoxy groups -OCH3 is 1. The lowest BCUT2D eigenvalue weighted by Crippen LogP contribution is -2.24. The summed E-state index contributed by atoms with van der Waals surface area (Å²) in [5.74, 6) is -0.0145. The number of Topliss-reactive ketones (excluding diaryl/α,β-unsaturated/α-hetero) is 1. The summed E-state index contributed by atoms with van der Waals surface area (Å²) < 4.78 is 10.9. The summed E-state index contributed by atoms with van der Waals surface area (Å²) in [5.41, 5.74) is 11.3. The molecule has 4 N–H and O–H groups in total. The highest BCUT2D eigenvalue weighted by Gasteiger charge is 2.45. The molecule has 5 rings (SSSR count). The summed E-state index contributed by atoms with van der Waals surface area (Å²) in [6.07, 6.45) is 25.0. The second-order valence-electron chi connectivity index (χ2n) is 18.4. The second kappa shape index (κ2) is 22.3. The van der Waals surface area contributed by atoms with Gasteiger partial charge in [0.05, 0.1) is 12.8 Å². The van der Waals surface area contributed by atoms with Crippen molar-refractivity contribution in [3.63, 3.8) is 0 Å². The van der Waals surface area contributed by atoms with E-state index in [0.717, 1.165) is 87.1 Å². The SMILES string of the molecule is C=Cc1c2[nH]c(c1C)/C=C\N/C(CCCC(=O)OC/C=C(\C)CCC[C@H](C)CCC[C@H](C)CCCC(C)C)=C1\c3[nH]c(c(C)c3C(=O)[C@@H]1C(=O)OC)/C=c1\[nH]/c(c(C)c1CC)=C\2. The topological polar surface area (TPSA) is 129 Å². The number of aromatic amines is 3. The van der Waals surface area contributed by atoms with Crippen molar-refractivity contribution in [2.75, 3.05) is 13.7 Å². The molecule has 0 fully saturated rings. The molecule has 3 aromatic heterocycles. The van der Waals surface area contributed by atoms with Gasteiger partial charge in [-0.1, -0.05) is 97.8 Å². The minimum Gasteiger partial charge on any atom is -0.468 e. The van der Waals surface area contributed by atoms with E-state index in [4.69, 9.17) is 9.47 Å². The zero-order valence-corrected chi connectivity index (χ0v) is 39.4. The number of nitrogens with one attached hydrogen (secondary N) is 4. The molecule has 336 valence electrons. The van der Waals surface area contributed by atoms with Crippen molar-refractivity contribution >= 4 is 47.6 Å². The normalized spacial score (nSPS) is 18.7. The molecule has 0 aromatic carbocycles. The zero-order chi connectivity index (χ0) is 45.1. The first-order chi connectivity index (χ1) is 29.7. The molecule has 0 spiro atoms. The Kier molecular flexibility index (Phi) is 17.3. The number of fused-ring (bicyclic) bond motifs is 5. The van der Waals surface area contributed by atoms with Gasteiger partial charge in [-0.2, -0.15) is 0 Å². The maximum absolute atomic E-state index is 14.2. The van der Waals surface area contributed by atoms with Crippen molar-refractivity contribution in [2.24, 2.45) is 23.7 Å². The van der Waals surface area contributed by atoms with Gasteiger partial charge in [0.1, 0.15) is 12.5 Å². The lowest BCUT2D eigenvalue weighted by atomic mass is 9.91. The Labute approximate surface area is 370 Å². The molecule has 0 radical (unpaired) electrons. The summed E-state index contributed by atoms with van der Waals surface area (Å²) in [4.78, 5) is 51.4. The van der Waals surface area contributed by atoms with Crippen molar-refractivity contribution in [2.45, 2.75) is 146 Å². The Balaban J connectivity index is 1.29. The molecule has 9 nitrogen and oxygen atoms in total. The number of ether oxygens (including phenoxy) is 2. The highest BCUT2D eigenvalue weighted by molar-refractivity contribution is 6.24. The molecule has 62 heavy (non-hydrogen) atoms. The molecule has 1 aliphatic heterocycles. The van der Waals surface area contributed by atoms with E-state index in [-0.39, 0.29) is 24.8 Å². The van der Waals surface area contributed by atoms with Crippen LogP contribution in [0.25, 0.3) is 29.9 Å². The number of carbonyl (C=O) groups excluding carboxylic acids is 3. The van der Waals surface area contributed by atoms with Crippen LogP contribution in [0.15, 0.2) is 30.1 Å². The second-order valence-corrected chi connectivity index (χ2v) is 18.4. The molecule has 0 unspecified atom stereocenters. The Hall–Kier alpha value is -5.05. The molecule has 3 atom stereocenters. The predicted octanol–water partition coefficient (Wildman–Crippen LogP) is 10.8. The van der Waals surface area contributed by atoms with Gasteiger partial charge in [-0.3, -0.25) is 14.4 Å². The maximum atomic E-state index is 14.2. The van der Waals surface area contributed by atoms with Crippen LogP contribution in [0.1, 0.15) is 180 Å². The standard InChI is InChI=1S/C53H74N4O5/c1-12-39-36(8)41-26-28-54-42(24-17-25-47(58)62-29-27-35(7)23-16-22-34(6)21-15-20-33(5)19-14-18-32(3)4)49-50(53(60)61-11)52(59)48-38(10)44(57-51(48)49)31-46-40(13-2)37(9)43(56-46)30-45(39)55-41/h12,26-28,30-34,50,54-57H,1,13-25,29H2,2-11H3/b28-26-,35-27+,43-30-,46-31-,49-42-/t33-,34-,50-/m1/s1. The molecule has 6 bridgehead atoms. The number of carbonyl (C=O) groups is 3. The molecule has 4 heterocycles. The average Bonchev–Trinajstić information content (AvgIpc) is 3.90. The fourth-order valence-electron chi connectivity index (χ4n) is 9.32. The van der Waals surface area contributed by atoms with Crippen LogP contribution in [0.3, 0.4) is 0 Å². The van der Waals surface area contributed by atoms with Crippen LogP contribution >= 0.6 is 0 Å². The Morgan fingerprint density at radius 1 is 0.823 bits per heavy atom. The molecule has 0 amide bonds. The van der Waals surface area contributed by atoms with Crippen LogP contribution in [0.2, 0.25) is 0 Å². The average molecular weight is 847 g/mol. The van der Waals surface area contributed by atoms with Crippen LogP contribution in [-0.2, 0) is 25.5 Å². The summed E-state index contributed by atoms with van der Waals surface area (Å²) in [6.45, 7) is 24.1. The number of hydrogen-bond acceptors (Lipinski definition) is 6. The van der Waals surface area contributed by atoms with Crippen molar-refractivity contribution in [3.05, 3.63) is 97.0 Å². The first kappa shape index (κ1) is 48.0. The summed E-state index contributed by atoms with van der Waals surface area (Å²) in [6, 6.07) is 0. The number of aromatic nitrogens is 3. The smallest absolute Gasteiger partial charge is 0.321 e. The van der Waals surface area contributed by atoms with Gasteiger partial charge < -0.3 is 29.7 Å². The zero-order valence-electron chi connectivity index (χ0n) is 39.4. The number of allylic oxidation sites excluding steroid dienone is 2. The van der Waals surface area contributed by atoms with E-state index >= 15 is 0 Å². The number of hydrogen-bond donors (Lipinski definition) is 4. The quantitative estimate of drug-likeness (QED) is 0.0480. The Morgan fingerprint density at radius 3 is 2.16 bits per heavy atom. The van der Waals surface area contributed by atoms with Crippen molar-refractivity contribution in [3.8, 4) is 0 Å². The number of rotatable bonds is 21. The lowest BCUT2D eigenvalue weighted by molar-refractivity contribution is -0.143. The van der Waals surface area contributed by atoms with E-state index in [1.807, 2.05) is 31.4 Å². The number of esters is 2. The Bertz CT molecular complexity index is 2310. The fraction of sp³-hybridized carbons (Fsp3) is 0.528. The van der Waals surface area contributed by atoms with Gasteiger partial charge >= 0.3 is 11.9 Å². The molecule has 3 aromatic rings. The van der Waals surface area contributed by atoms with Crippen LogP contribution in [-0.4, -0.2) is 46.4 Å². The van der Waals surface area contributed by atoms with Crippen molar-refractivity contribution in [1.29, 1.82) is 0 Å². The van der Waals surface area contributed by atoms with Gasteiger partial charge in [-0.05, 0) is 124 Å². The van der Waals surface area contributed by atoms with Crippen LogP contribution in [0, 0.1) is 44.4 Å². The molecular weight excluding hydrogens is 773 g/mol. The van der Waals surface area contributed by atoms with Gasteiger partial charge in [0.2, 0.25) is 0 Å². The van der Waals surface area contributed by atoms with E-state index in [0.29, 0.717) is 35.4 Å². The third-order valence-electron chi connectivity index (χ3n) is 13.2. The van der Waals surface area contributed by atoms with Crippen LogP contribution in [0.4, 0.5) is 0 Å². The third-order valence-corrected chi connectivity index (χ3v) is 13.2. The van der Waals surface area contributed by atoms with Gasteiger partial charge in [-0.15, -0.1) is 0 Å².